The second-order valence-corrected chi connectivity index (χ2v) is 6.84. The highest BCUT2D eigenvalue weighted by molar-refractivity contribution is 7.91. The van der Waals surface area contributed by atoms with Crippen LogP contribution in [0, 0.1) is 0 Å². The van der Waals surface area contributed by atoms with E-state index in [2.05, 4.69) is 10.6 Å². The van der Waals surface area contributed by atoms with Gasteiger partial charge in [-0.1, -0.05) is 0 Å². The zero-order valence-electron chi connectivity index (χ0n) is 12.5. The number of carbonyl (C=O) groups is 1. The summed E-state index contributed by atoms with van der Waals surface area (Å²) in [5.41, 5.74) is 0.434. The second-order valence-electron chi connectivity index (χ2n) is 4.74. The number of benzene rings is 1. The van der Waals surface area contributed by atoms with E-state index in [1.165, 1.54) is 31.4 Å². The highest BCUT2D eigenvalue weighted by Crippen LogP contribution is 2.12. The van der Waals surface area contributed by atoms with Crippen molar-refractivity contribution in [2.24, 2.45) is 0 Å². The van der Waals surface area contributed by atoms with Gasteiger partial charge < -0.3 is 15.4 Å². The molecule has 0 fully saturated rings. The zero-order valence-corrected chi connectivity index (χ0v) is 13.4. The van der Waals surface area contributed by atoms with Crippen molar-refractivity contribution in [1.82, 2.24) is 10.6 Å². The van der Waals surface area contributed by atoms with E-state index in [0.29, 0.717) is 12.1 Å². The molecule has 1 unspecified atom stereocenters. The van der Waals surface area contributed by atoms with Crippen LogP contribution < -0.4 is 10.6 Å². The summed E-state index contributed by atoms with van der Waals surface area (Å²) in [6.07, 6.45) is 0. The van der Waals surface area contributed by atoms with Gasteiger partial charge in [-0.2, -0.15) is 0 Å². The fourth-order valence-electron chi connectivity index (χ4n) is 1.57. The van der Waals surface area contributed by atoms with Gasteiger partial charge in [0.15, 0.2) is 9.84 Å². The second kappa shape index (κ2) is 8.11. The molecule has 0 aromatic heterocycles. The number of nitrogens with one attached hydrogen (secondary N) is 2. The monoisotopic (exact) mass is 314 g/mol. The van der Waals surface area contributed by atoms with Gasteiger partial charge in [0.25, 0.3) is 5.91 Å². The Hall–Kier alpha value is -1.44. The molecule has 1 aromatic rings. The lowest BCUT2D eigenvalue weighted by molar-refractivity contribution is 0.0950. The predicted octanol–water partition coefficient (Wildman–Crippen LogP) is 0.444. The van der Waals surface area contributed by atoms with Crippen LogP contribution in [0.25, 0.3) is 0 Å². The van der Waals surface area contributed by atoms with Crippen molar-refractivity contribution in [1.29, 1.82) is 0 Å². The number of hydrogen-bond donors (Lipinski definition) is 2. The van der Waals surface area contributed by atoms with E-state index in [1.54, 1.807) is 0 Å². The van der Waals surface area contributed by atoms with Crippen LogP contribution in [0.3, 0.4) is 0 Å². The molecular formula is C14H22N2O4S. The minimum Gasteiger partial charge on any atom is -0.384 e. The molecular weight excluding hydrogens is 292 g/mol. The van der Waals surface area contributed by atoms with E-state index < -0.39 is 9.84 Å². The van der Waals surface area contributed by atoms with Crippen molar-refractivity contribution in [3.8, 4) is 0 Å². The number of ether oxygens (including phenoxy) is 1. The molecule has 0 saturated carbocycles. The van der Waals surface area contributed by atoms with Crippen molar-refractivity contribution in [3.05, 3.63) is 29.8 Å². The number of hydrogen-bond acceptors (Lipinski definition) is 5. The van der Waals surface area contributed by atoms with E-state index in [0.717, 1.165) is 0 Å². The smallest absolute Gasteiger partial charge is 0.251 e. The molecule has 1 atom stereocenters. The number of sulfone groups is 1. The van der Waals surface area contributed by atoms with Gasteiger partial charge in [-0.15, -0.1) is 0 Å². The van der Waals surface area contributed by atoms with Crippen LogP contribution in [0.2, 0.25) is 0 Å². The number of likely N-dealkylation sites (N-methyl/N-ethyl adjacent to an activating group) is 1. The molecule has 118 valence electrons. The third kappa shape index (κ3) is 5.45. The van der Waals surface area contributed by atoms with Gasteiger partial charge in [0.1, 0.15) is 0 Å². The fraction of sp³-hybridized carbons (Fsp3) is 0.500. The summed E-state index contributed by atoms with van der Waals surface area (Å²) in [6.45, 7) is 2.60. The molecule has 1 rings (SSSR count). The molecule has 0 heterocycles. The lowest BCUT2D eigenvalue weighted by atomic mass is 10.2. The van der Waals surface area contributed by atoms with E-state index in [-0.39, 0.29) is 29.2 Å². The zero-order chi connectivity index (χ0) is 15.9. The highest BCUT2D eigenvalue weighted by atomic mass is 32.2. The van der Waals surface area contributed by atoms with Crippen molar-refractivity contribution < 1.29 is 17.9 Å². The average Bonchev–Trinajstić information content (AvgIpc) is 2.50. The van der Waals surface area contributed by atoms with E-state index in [9.17, 15) is 13.2 Å². The van der Waals surface area contributed by atoms with Gasteiger partial charge in [0, 0.05) is 25.3 Å². The number of carbonyl (C=O) groups excluding carboxylic acids is 1. The van der Waals surface area contributed by atoms with Crippen LogP contribution in [-0.2, 0) is 14.6 Å². The first kappa shape index (κ1) is 17.6. The fourth-order valence-corrected chi connectivity index (χ4v) is 2.75. The van der Waals surface area contributed by atoms with Crippen LogP contribution in [0.1, 0.15) is 17.3 Å². The number of amides is 1. The molecule has 0 aliphatic heterocycles. The molecule has 0 radical (unpaired) electrons. The summed E-state index contributed by atoms with van der Waals surface area (Å²) in [6, 6.07) is 6.09. The first-order chi connectivity index (χ1) is 9.90. The van der Waals surface area contributed by atoms with Crippen molar-refractivity contribution in [2.75, 3.05) is 33.1 Å². The Morgan fingerprint density at radius 2 is 1.90 bits per heavy atom. The maximum absolute atomic E-state index is 11.9. The third-order valence-electron chi connectivity index (χ3n) is 3.09. The van der Waals surface area contributed by atoms with Gasteiger partial charge in [-0.25, -0.2) is 8.42 Å². The van der Waals surface area contributed by atoms with Gasteiger partial charge >= 0.3 is 0 Å². The summed E-state index contributed by atoms with van der Waals surface area (Å²) in [7, 11) is -0.0918. The maximum atomic E-state index is 11.9. The number of rotatable bonds is 8. The first-order valence-corrected chi connectivity index (χ1v) is 8.33. The highest BCUT2D eigenvalue weighted by Gasteiger charge is 2.15. The van der Waals surface area contributed by atoms with E-state index >= 15 is 0 Å². The van der Waals surface area contributed by atoms with Crippen LogP contribution in [0.5, 0.6) is 0 Å². The normalized spacial score (nSPS) is 12.9. The quantitative estimate of drug-likeness (QED) is 0.727. The standard InChI is InChI=1S/C14H22N2O4S/c1-11(15-2)10-16-14(17)12-4-6-13(7-5-12)21(18,19)9-8-20-3/h4-7,11,15H,8-10H2,1-3H3,(H,16,17). The van der Waals surface area contributed by atoms with Gasteiger partial charge in [0.2, 0.25) is 0 Å². The molecule has 21 heavy (non-hydrogen) atoms. The van der Waals surface area contributed by atoms with Crippen LogP contribution >= 0.6 is 0 Å². The summed E-state index contributed by atoms with van der Waals surface area (Å²) in [4.78, 5) is 12.1. The Morgan fingerprint density at radius 3 is 2.43 bits per heavy atom. The Labute approximate surface area is 125 Å². The van der Waals surface area contributed by atoms with Gasteiger partial charge in [0.05, 0.1) is 17.3 Å². The Morgan fingerprint density at radius 1 is 1.29 bits per heavy atom. The van der Waals surface area contributed by atoms with Crippen molar-refractivity contribution >= 4 is 15.7 Å². The predicted molar refractivity (Wildman–Crippen MR) is 81.2 cm³/mol. The van der Waals surface area contributed by atoms with Crippen LogP contribution in [0.15, 0.2) is 29.2 Å². The summed E-state index contributed by atoms with van der Waals surface area (Å²) in [5, 5.41) is 5.79. The summed E-state index contributed by atoms with van der Waals surface area (Å²) < 4.78 is 28.7. The van der Waals surface area contributed by atoms with Crippen LogP contribution in [-0.4, -0.2) is 53.4 Å². The summed E-state index contributed by atoms with van der Waals surface area (Å²) >= 11 is 0. The SMILES string of the molecule is CNC(C)CNC(=O)c1ccc(S(=O)(=O)CCOC)cc1. The third-order valence-corrected chi connectivity index (χ3v) is 4.79. The van der Waals surface area contributed by atoms with E-state index in [1.807, 2.05) is 14.0 Å². The summed E-state index contributed by atoms with van der Waals surface area (Å²) in [5.74, 6) is -0.299. The molecule has 0 aliphatic carbocycles. The molecule has 2 N–H and O–H groups in total. The van der Waals surface area contributed by atoms with Crippen molar-refractivity contribution in [2.45, 2.75) is 17.9 Å². The molecule has 6 nitrogen and oxygen atoms in total. The minimum atomic E-state index is -3.36. The Balaban J connectivity index is 2.71. The van der Waals surface area contributed by atoms with E-state index in [4.69, 9.17) is 4.74 Å². The molecule has 7 heteroatoms. The van der Waals surface area contributed by atoms with Gasteiger partial charge in [-0.05, 0) is 38.2 Å². The molecule has 1 amide bonds. The average molecular weight is 314 g/mol. The molecule has 0 spiro atoms. The Kier molecular flexibility index (Phi) is 6.80. The minimum absolute atomic E-state index is 0.0747. The first-order valence-electron chi connectivity index (χ1n) is 6.68. The maximum Gasteiger partial charge on any atom is 0.251 e. The lowest BCUT2D eigenvalue weighted by Crippen LogP contribution is -2.37. The topological polar surface area (TPSA) is 84.5 Å². The number of methoxy groups -OCH3 is 1. The largest absolute Gasteiger partial charge is 0.384 e. The molecule has 0 bridgehead atoms. The van der Waals surface area contributed by atoms with Crippen molar-refractivity contribution in [3.63, 3.8) is 0 Å². The van der Waals surface area contributed by atoms with Gasteiger partial charge in [-0.3, -0.25) is 4.79 Å². The molecule has 0 saturated heterocycles. The Bertz CT molecular complexity index is 555. The molecule has 1 aromatic carbocycles. The van der Waals surface area contributed by atoms with Crippen LogP contribution in [0.4, 0.5) is 0 Å². The molecule has 0 aliphatic rings. The lowest BCUT2D eigenvalue weighted by Gasteiger charge is -2.11.